The Kier molecular flexibility index (Phi) is 7.87. The molecule has 1 atom stereocenters. The minimum atomic E-state index is -0.368. The molecule has 1 saturated heterocycles. The molecule has 0 bridgehead atoms. The predicted octanol–water partition coefficient (Wildman–Crippen LogP) is 4.34. The molecule has 11 heteroatoms. The molecule has 1 aliphatic rings. The molecule has 0 unspecified atom stereocenters. The summed E-state index contributed by atoms with van der Waals surface area (Å²) in [5.41, 5.74) is 2.88. The number of esters is 1. The highest BCUT2D eigenvalue weighted by Gasteiger charge is 2.27. The van der Waals surface area contributed by atoms with Crippen LogP contribution in [0.25, 0.3) is 21.4 Å². The molecule has 5 rings (SSSR count). The first kappa shape index (κ1) is 26.1. The Morgan fingerprint density at radius 1 is 0.868 bits per heavy atom. The van der Waals surface area contributed by atoms with Crippen molar-refractivity contribution in [2.75, 3.05) is 32.7 Å². The second kappa shape index (κ2) is 11.5. The zero-order valence-corrected chi connectivity index (χ0v) is 23.1. The van der Waals surface area contributed by atoms with E-state index in [2.05, 4.69) is 24.8 Å². The van der Waals surface area contributed by atoms with E-state index in [1.165, 1.54) is 22.7 Å². The average molecular weight is 549 g/mol. The van der Waals surface area contributed by atoms with Gasteiger partial charge in [-0.25, -0.2) is 14.8 Å². The van der Waals surface area contributed by atoms with E-state index in [9.17, 15) is 9.59 Å². The van der Waals surface area contributed by atoms with Crippen LogP contribution in [-0.4, -0.2) is 80.4 Å². The number of aryl methyl sites for hydroxylation is 2. The van der Waals surface area contributed by atoms with Gasteiger partial charge in [-0.1, -0.05) is 12.1 Å². The molecular weight excluding hydrogens is 520 g/mol. The number of thiazole rings is 2. The fraction of sp³-hybridized carbons (Fsp3) is 0.333. The number of hydrogen-bond acceptors (Lipinski definition) is 10. The van der Waals surface area contributed by atoms with Crippen LogP contribution < -0.4 is 0 Å². The number of hydrogen-bond donors (Lipinski definition) is 0. The second-order valence-electron chi connectivity index (χ2n) is 9.11. The lowest BCUT2D eigenvalue weighted by Crippen LogP contribution is -2.50. The molecular formula is C27H28N6O3S2. The van der Waals surface area contributed by atoms with Gasteiger partial charge < -0.3 is 9.64 Å². The molecule has 1 fully saturated rings. The van der Waals surface area contributed by atoms with Crippen LogP contribution in [0.3, 0.4) is 0 Å². The van der Waals surface area contributed by atoms with Crippen LogP contribution in [0.1, 0.15) is 37.7 Å². The number of carbonyl (C=O) groups is 2. The first-order valence-corrected chi connectivity index (χ1v) is 14.0. The normalized spacial score (nSPS) is 14.9. The average Bonchev–Trinajstić information content (AvgIpc) is 3.52. The van der Waals surface area contributed by atoms with E-state index in [0.29, 0.717) is 53.2 Å². The molecule has 38 heavy (non-hydrogen) atoms. The molecule has 4 aromatic rings. The van der Waals surface area contributed by atoms with E-state index in [-0.39, 0.29) is 18.0 Å². The van der Waals surface area contributed by atoms with Gasteiger partial charge in [0.05, 0.1) is 22.8 Å². The number of pyridine rings is 2. The quantitative estimate of drug-likeness (QED) is 0.314. The summed E-state index contributed by atoms with van der Waals surface area (Å²) in [4.78, 5) is 49.0. The standard InChI is InChI=1S/C27H28N6O3S2/c1-17(36-27(35)23-19(3)31-25(38-23)21-9-5-7-11-29-21)16-32-12-14-33(15-13-32)26(34)22-18(2)30-24(37-22)20-8-4-6-10-28-20/h4-11,17H,12-16H2,1-3H3/t17-/m0/s1. The maximum absolute atomic E-state index is 13.2. The topological polar surface area (TPSA) is 101 Å². The van der Waals surface area contributed by atoms with E-state index in [1.807, 2.05) is 62.1 Å². The molecule has 1 aliphatic heterocycles. The second-order valence-corrected chi connectivity index (χ2v) is 11.1. The van der Waals surface area contributed by atoms with E-state index < -0.39 is 0 Å². The molecule has 0 spiro atoms. The molecule has 0 aliphatic carbocycles. The van der Waals surface area contributed by atoms with Crippen LogP contribution in [0.5, 0.6) is 0 Å². The monoisotopic (exact) mass is 548 g/mol. The summed E-state index contributed by atoms with van der Waals surface area (Å²) < 4.78 is 5.75. The van der Waals surface area contributed by atoms with Crippen molar-refractivity contribution in [1.82, 2.24) is 29.7 Å². The highest BCUT2D eigenvalue weighted by atomic mass is 32.1. The SMILES string of the molecule is Cc1nc(-c2ccccn2)sc1C(=O)O[C@@H](C)CN1CCN(C(=O)c2sc(-c3ccccn3)nc2C)CC1. The van der Waals surface area contributed by atoms with Crippen molar-refractivity contribution < 1.29 is 14.3 Å². The van der Waals surface area contributed by atoms with E-state index in [0.717, 1.165) is 22.1 Å². The van der Waals surface area contributed by atoms with E-state index in [4.69, 9.17) is 4.74 Å². The number of rotatable bonds is 7. The third kappa shape index (κ3) is 5.79. The largest absolute Gasteiger partial charge is 0.457 e. The number of nitrogens with zero attached hydrogens (tertiary/aromatic N) is 6. The Hall–Kier alpha value is -3.54. The molecule has 5 heterocycles. The molecule has 1 amide bonds. The first-order valence-electron chi connectivity index (χ1n) is 12.4. The Morgan fingerprint density at radius 2 is 1.42 bits per heavy atom. The molecule has 0 saturated carbocycles. The zero-order valence-electron chi connectivity index (χ0n) is 21.5. The predicted molar refractivity (Wildman–Crippen MR) is 147 cm³/mol. The van der Waals surface area contributed by atoms with E-state index >= 15 is 0 Å². The van der Waals surface area contributed by atoms with Crippen molar-refractivity contribution in [3.8, 4) is 21.4 Å². The minimum Gasteiger partial charge on any atom is -0.457 e. The third-order valence-electron chi connectivity index (χ3n) is 6.22. The zero-order chi connectivity index (χ0) is 26.6. The Bertz CT molecular complexity index is 1420. The lowest BCUT2D eigenvalue weighted by molar-refractivity contribution is 0.0201. The van der Waals surface area contributed by atoms with Crippen LogP contribution in [0.15, 0.2) is 48.8 Å². The third-order valence-corrected chi connectivity index (χ3v) is 8.55. The van der Waals surface area contributed by atoms with Gasteiger partial charge in [-0.15, -0.1) is 22.7 Å². The van der Waals surface area contributed by atoms with Crippen LogP contribution in [-0.2, 0) is 4.74 Å². The van der Waals surface area contributed by atoms with Crippen LogP contribution >= 0.6 is 22.7 Å². The fourth-order valence-corrected chi connectivity index (χ4v) is 6.23. The van der Waals surface area contributed by atoms with Crippen molar-refractivity contribution in [2.24, 2.45) is 0 Å². The van der Waals surface area contributed by atoms with Crippen LogP contribution in [0, 0.1) is 13.8 Å². The molecule has 0 N–H and O–H groups in total. The Labute approximate surface area is 229 Å². The summed E-state index contributed by atoms with van der Waals surface area (Å²) in [5.74, 6) is -0.362. The van der Waals surface area contributed by atoms with Crippen LogP contribution in [0.2, 0.25) is 0 Å². The molecule has 196 valence electrons. The number of piperazine rings is 1. The summed E-state index contributed by atoms with van der Waals surface area (Å²) in [6, 6.07) is 11.3. The lowest BCUT2D eigenvalue weighted by atomic mass is 10.2. The number of carbonyl (C=O) groups excluding carboxylic acids is 2. The summed E-state index contributed by atoms with van der Waals surface area (Å²) in [5, 5.41) is 1.45. The van der Waals surface area contributed by atoms with Crippen molar-refractivity contribution in [3.05, 3.63) is 69.9 Å². The van der Waals surface area contributed by atoms with Gasteiger partial charge in [-0.3, -0.25) is 19.7 Å². The van der Waals surface area contributed by atoms with Gasteiger partial charge in [-0.2, -0.15) is 0 Å². The van der Waals surface area contributed by atoms with Crippen molar-refractivity contribution in [3.63, 3.8) is 0 Å². The van der Waals surface area contributed by atoms with Crippen molar-refractivity contribution >= 4 is 34.6 Å². The Balaban J connectivity index is 1.13. The lowest BCUT2D eigenvalue weighted by Gasteiger charge is -2.35. The summed E-state index contributed by atoms with van der Waals surface area (Å²) in [6.45, 7) is 8.81. The summed E-state index contributed by atoms with van der Waals surface area (Å²) >= 11 is 2.69. The van der Waals surface area contributed by atoms with Crippen molar-refractivity contribution in [1.29, 1.82) is 0 Å². The molecule has 0 radical (unpaired) electrons. The van der Waals surface area contributed by atoms with Gasteiger partial charge in [0.1, 0.15) is 25.9 Å². The maximum atomic E-state index is 13.2. The highest BCUT2D eigenvalue weighted by Crippen LogP contribution is 2.29. The molecule has 4 aromatic heterocycles. The highest BCUT2D eigenvalue weighted by molar-refractivity contribution is 7.17. The Morgan fingerprint density at radius 3 is 1.97 bits per heavy atom. The smallest absolute Gasteiger partial charge is 0.350 e. The number of aromatic nitrogens is 4. The maximum Gasteiger partial charge on any atom is 0.350 e. The summed E-state index contributed by atoms with van der Waals surface area (Å²) in [6.07, 6.45) is 3.13. The molecule has 9 nitrogen and oxygen atoms in total. The van der Waals surface area contributed by atoms with Crippen LogP contribution in [0.4, 0.5) is 0 Å². The van der Waals surface area contributed by atoms with Gasteiger partial charge in [0, 0.05) is 45.1 Å². The van der Waals surface area contributed by atoms with E-state index in [1.54, 1.807) is 12.4 Å². The van der Waals surface area contributed by atoms with Gasteiger partial charge >= 0.3 is 5.97 Å². The number of ether oxygens (including phenoxy) is 1. The van der Waals surface area contributed by atoms with Gasteiger partial charge in [0.25, 0.3) is 5.91 Å². The number of amides is 1. The van der Waals surface area contributed by atoms with Gasteiger partial charge in [0.15, 0.2) is 0 Å². The molecule has 0 aromatic carbocycles. The van der Waals surface area contributed by atoms with Gasteiger partial charge in [0.2, 0.25) is 0 Å². The van der Waals surface area contributed by atoms with Crippen molar-refractivity contribution in [2.45, 2.75) is 26.9 Å². The first-order chi connectivity index (χ1) is 18.4. The van der Waals surface area contributed by atoms with Gasteiger partial charge in [-0.05, 0) is 45.0 Å². The summed E-state index contributed by atoms with van der Waals surface area (Å²) in [7, 11) is 0. The minimum absolute atomic E-state index is 0.00527. The fourth-order valence-electron chi connectivity index (χ4n) is 4.29.